The van der Waals surface area contributed by atoms with Crippen LogP contribution >= 0.6 is 0 Å². The van der Waals surface area contributed by atoms with Crippen LogP contribution in [0, 0.1) is 0 Å². The summed E-state index contributed by atoms with van der Waals surface area (Å²) in [4.78, 5) is 0. The standard InChI is InChI=1S/C12H26N2O3S/c1-4-13(3)18(16,17)14(10-11(2)15)12-8-6-5-7-9-12/h11-12,15H,4-10H2,1-3H3/t11-/m1/s1. The van der Waals surface area contributed by atoms with E-state index in [2.05, 4.69) is 0 Å². The molecule has 0 spiro atoms. The van der Waals surface area contributed by atoms with Crippen molar-refractivity contribution in [3.63, 3.8) is 0 Å². The predicted molar refractivity (Wildman–Crippen MR) is 72.5 cm³/mol. The molecule has 6 heteroatoms. The number of hydrogen-bond acceptors (Lipinski definition) is 3. The fourth-order valence-corrected chi connectivity index (χ4v) is 4.08. The maximum absolute atomic E-state index is 12.4. The minimum Gasteiger partial charge on any atom is -0.392 e. The van der Waals surface area contributed by atoms with Gasteiger partial charge in [-0.3, -0.25) is 0 Å². The Balaban J connectivity index is 2.89. The normalized spacial score (nSPS) is 20.6. The van der Waals surface area contributed by atoms with Crippen molar-refractivity contribution in [2.24, 2.45) is 0 Å². The first-order valence-electron chi connectivity index (χ1n) is 6.80. The van der Waals surface area contributed by atoms with Gasteiger partial charge in [0.25, 0.3) is 10.2 Å². The zero-order valence-electron chi connectivity index (χ0n) is 11.7. The van der Waals surface area contributed by atoms with Crippen LogP contribution in [-0.2, 0) is 10.2 Å². The van der Waals surface area contributed by atoms with E-state index in [1.807, 2.05) is 6.92 Å². The van der Waals surface area contributed by atoms with Crippen molar-refractivity contribution in [3.8, 4) is 0 Å². The van der Waals surface area contributed by atoms with Crippen LogP contribution in [0.1, 0.15) is 46.0 Å². The molecule has 0 saturated heterocycles. The van der Waals surface area contributed by atoms with Crippen molar-refractivity contribution in [2.45, 2.75) is 58.1 Å². The van der Waals surface area contributed by atoms with E-state index in [4.69, 9.17) is 0 Å². The Morgan fingerprint density at radius 2 is 1.83 bits per heavy atom. The van der Waals surface area contributed by atoms with Crippen LogP contribution in [0.5, 0.6) is 0 Å². The average molecular weight is 278 g/mol. The highest BCUT2D eigenvalue weighted by molar-refractivity contribution is 7.86. The van der Waals surface area contributed by atoms with Crippen molar-refractivity contribution >= 4 is 10.2 Å². The molecule has 0 unspecified atom stereocenters. The quantitative estimate of drug-likeness (QED) is 0.794. The summed E-state index contributed by atoms with van der Waals surface area (Å²) in [5, 5.41) is 9.55. The highest BCUT2D eigenvalue weighted by Crippen LogP contribution is 2.25. The molecule has 0 aromatic heterocycles. The van der Waals surface area contributed by atoms with E-state index in [1.54, 1.807) is 14.0 Å². The molecule has 1 atom stereocenters. The van der Waals surface area contributed by atoms with E-state index in [0.29, 0.717) is 6.54 Å². The molecule has 1 saturated carbocycles. The molecule has 0 aromatic rings. The largest absolute Gasteiger partial charge is 0.392 e. The zero-order chi connectivity index (χ0) is 13.8. The van der Waals surface area contributed by atoms with Crippen LogP contribution in [0.25, 0.3) is 0 Å². The Kier molecular flexibility index (Phi) is 6.04. The molecule has 1 aliphatic carbocycles. The molecular formula is C12H26N2O3S. The maximum Gasteiger partial charge on any atom is 0.282 e. The summed E-state index contributed by atoms with van der Waals surface area (Å²) in [5.41, 5.74) is 0. The van der Waals surface area contributed by atoms with E-state index < -0.39 is 16.3 Å². The third-order valence-electron chi connectivity index (χ3n) is 3.56. The lowest BCUT2D eigenvalue weighted by molar-refractivity contribution is 0.132. The van der Waals surface area contributed by atoms with Gasteiger partial charge in [-0.1, -0.05) is 26.2 Å². The molecule has 18 heavy (non-hydrogen) atoms. The second-order valence-corrected chi connectivity index (χ2v) is 7.12. The summed E-state index contributed by atoms with van der Waals surface area (Å²) >= 11 is 0. The van der Waals surface area contributed by atoms with E-state index in [-0.39, 0.29) is 12.6 Å². The topological polar surface area (TPSA) is 60.9 Å². The SMILES string of the molecule is CCN(C)S(=O)(=O)N(C[C@@H](C)O)C1CCCCC1. The fourth-order valence-electron chi connectivity index (χ4n) is 2.40. The van der Waals surface area contributed by atoms with Gasteiger partial charge in [-0.05, 0) is 19.8 Å². The summed E-state index contributed by atoms with van der Waals surface area (Å²) in [6.07, 6.45) is 4.51. The molecule has 5 nitrogen and oxygen atoms in total. The lowest BCUT2D eigenvalue weighted by atomic mass is 9.95. The summed E-state index contributed by atoms with van der Waals surface area (Å²) in [6, 6.07) is 0.0485. The third-order valence-corrected chi connectivity index (χ3v) is 5.65. The lowest BCUT2D eigenvalue weighted by Gasteiger charge is -2.36. The first-order valence-corrected chi connectivity index (χ1v) is 8.20. The number of nitrogens with zero attached hydrogens (tertiary/aromatic N) is 2. The summed E-state index contributed by atoms with van der Waals surface area (Å²) in [5.74, 6) is 0. The van der Waals surface area contributed by atoms with Gasteiger partial charge in [-0.25, -0.2) is 0 Å². The van der Waals surface area contributed by atoms with Gasteiger partial charge in [0.1, 0.15) is 0 Å². The molecule has 0 radical (unpaired) electrons. The Bertz CT molecular complexity index is 337. The second-order valence-electron chi connectivity index (χ2n) is 5.13. The number of rotatable bonds is 6. The van der Waals surface area contributed by atoms with Crippen molar-refractivity contribution in [2.75, 3.05) is 20.1 Å². The molecule has 1 rings (SSSR count). The van der Waals surface area contributed by atoms with Gasteiger partial charge in [0.05, 0.1) is 6.10 Å². The summed E-state index contributed by atoms with van der Waals surface area (Å²) in [6.45, 7) is 4.10. The monoisotopic (exact) mass is 278 g/mol. The zero-order valence-corrected chi connectivity index (χ0v) is 12.5. The average Bonchev–Trinajstić information content (AvgIpc) is 2.35. The number of hydrogen-bond donors (Lipinski definition) is 1. The Morgan fingerprint density at radius 1 is 1.28 bits per heavy atom. The summed E-state index contributed by atoms with van der Waals surface area (Å²) < 4.78 is 27.7. The lowest BCUT2D eigenvalue weighted by Crippen LogP contribution is -2.50. The number of aliphatic hydroxyl groups excluding tert-OH is 1. The first kappa shape index (κ1) is 15.9. The highest BCUT2D eigenvalue weighted by Gasteiger charge is 2.33. The smallest absolute Gasteiger partial charge is 0.282 e. The van der Waals surface area contributed by atoms with E-state index in [0.717, 1.165) is 25.7 Å². The molecule has 0 aromatic carbocycles. The molecule has 1 N–H and O–H groups in total. The van der Waals surface area contributed by atoms with Crippen LogP contribution in [0.4, 0.5) is 0 Å². The Labute approximate surface area is 111 Å². The van der Waals surface area contributed by atoms with Gasteiger partial charge in [0, 0.05) is 26.2 Å². The fraction of sp³-hybridized carbons (Fsp3) is 1.00. The first-order chi connectivity index (χ1) is 8.39. The minimum atomic E-state index is -3.44. The van der Waals surface area contributed by atoms with Crippen molar-refractivity contribution in [1.82, 2.24) is 8.61 Å². The van der Waals surface area contributed by atoms with E-state index >= 15 is 0 Å². The van der Waals surface area contributed by atoms with E-state index in [9.17, 15) is 13.5 Å². The van der Waals surface area contributed by atoms with Crippen molar-refractivity contribution < 1.29 is 13.5 Å². The predicted octanol–water partition coefficient (Wildman–Crippen LogP) is 1.20. The molecule has 0 heterocycles. The van der Waals surface area contributed by atoms with Gasteiger partial charge >= 0.3 is 0 Å². The molecular weight excluding hydrogens is 252 g/mol. The molecule has 108 valence electrons. The third kappa shape index (κ3) is 3.91. The van der Waals surface area contributed by atoms with Gasteiger partial charge in [-0.2, -0.15) is 17.0 Å². The van der Waals surface area contributed by atoms with Gasteiger partial charge in [0.15, 0.2) is 0 Å². The minimum absolute atomic E-state index is 0.0485. The second kappa shape index (κ2) is 6.84. The maximum atomic E-state index is 12.4. The van der Waals surface area contributed by atoms with Crippen LogP contribution in [0.15, 0.2) is 0 Å². The van der Waals surface area contributed by atoms with E-state index in [1.165, 1.54) is 15.0 Å². The summed E-state index contributed by atoms with van der Waals surface area (Å²) in [7, 11) is -1.85. The molecule has 0 bridgehead atoms. The van der Waals surface area contributed by atoms with Gasteiger partial charge < -0.3 is 5.11 Å². The highest BCUT2D eigenvalue weighted by atomic mass is 32.2. The molecule has 0 aliphatic heterocycles. The van der Waals surface area contributed by atoms with Gasteiger partial charge in [-0.15, -0.1) is 0 Å². The van der Waals surface area contributed by atoms with Crippen LogP contribution in [-0.4, -0.2) is 54.4 Å². The number of aliphatic hydroxyl groups is 1. The molecule has 1 fully saturated rings. The van der Waals surface area contributed by atoms with Crippen LogP contribution in [0.2, 0.25) is 0 Å². The van der Waals surface area contributed by atoms with Crippen LogP contribution < -0.4 is 0 Å². The Morgan fingerprint density at radius 3 is 2.28 bits per heavy atom. The van der Waals surface area contributed by atoms with Crippen LogP contribution in [0.3, 0.4) is 0 Å². The molecule has 1 aliphatic rings. The van der Waals surface area contributed by atoms with Crippen molar-refractivity contribution in [3.05, 3.63) is 0 Å². The Hall–Kier alpha value is -0.170. The van der Waals surface area contributed by atoms with Crippen molar-refractivity contribution in [1.29, 1.82) is 0 Å². The van der Waals surface area contributed by atoms with Gasteiger partial charge in [0.2, 0.25) is 0 Å². The molecule has 0 amide bonds.